The van der Waals surface area contributed by atoms with Crippen molar-refractivity contribution >= 4 is 17.5 Å². The Morgan fingerprint density at radius 2 is 2.24 bits per heavy atom. The standard InChI is InChI=1S/C9H9ClF3N3O/c1-3-6(17)14-4-5-7(10)8(9(11,12)13)15-16(5)2/h3H,1,4H2,2H3,(H,14,17). The molecular formula is C9H9ClF3N3O. The average molecular weight is 268 g/mol. The van der Waals surface area contributed by atoms with Gasteiger partial charge in [0.25, 0.3) is 0 Å². The topological polar surface area (TPSA) is 46.9 Å². The number of aryl methyl sites for hydroxylation is 1. The number of alkyl halides is 3. The van der Waals surface area contributed by atoms with Crippen LogP contribution in [-0.2, 0) is 24.6 Å². The minimum Gasteiger partial charge on any atom is -0.347 e. The van der Waals surface area contributed by atoms with Crippen LogP contribution in [0, 0.1) is 0 Å². The lowest BCUT2D eigenvalue weighted by Gasteiger charge is -2.03. The first kappa shape index (κ1) is 13.6. The minimum atomic E-state index is -4.62. The predicted octanol–water partition coefficient (Wildman–Crippen LogP) is 1.89. The Kier molecular flexibility index (Phi) is 3.82. The molecule has 0 radical (unpaired) electrons. The van der Waals surface area contributed by atoms with Crippen LogP contribution in [0.2, 0.25) is 5.02 Å². The molecule has 0 aromatic carbocycles. The molecule has 0 aliphatic rings. The minimum absolute atomic E-state index is 0.0780. The van der Waals surface area contributed by atoms with E-state index in [0.29, 0.717) is 0 Å². The third kappa shape index (κ3) is 3.00. The molecule has 0 aliphatic heterocycles. The first-order chi connectivity index (χ1) is 7.77. The van der Waals surface area contributed by atoms with E-state index in [-0.39, 0.29) is 12.2 Å². The molecule has 0 aliphatic carbocycles. The third-order valence-corrected chi connectivity index (χ3v) is 2.38. The molecule has 1 amide bonds. The number of hydrogen-bond donors (Lipinski definition) is 1. The van der Waals surface area contributed by atoms with E-state index in [1.165, 1.54) is 7.05 Å². The summed E-state index contributed by atoms with van der Waals surface area (Å²) >= 11 is 5.56. The van der Waals surface area contributed by atoms with E-state index >= 15 is 0 Å². The van der Waals surface area contributed by atoms with Crippen molar-refractivity contribution in [3.63, 3.8) is 0 Å². The highest BCUT2D eigenvalue weighted by molar-refractivity contribution is 6.32. The SMILES string of the molecule is C=CC(=O)NCc1c(Cl)c(C(F)(F)F)nn1C. The molecular weight excluding hydrogens is 259 g/mol. The summed E-state index contributed by atoms with van der Waals surface area (Å²) in [6.07, 6.45) is -3.61. The van der Waals surface area contributed by atoms with Crippen LogP contribution >= 0.6 is 11.6 Å². The molecule has 94 valence electrons. The van der Waals surface area contributed by atoms with Crippen LogP contribution in [0.25, 0.3) is 0 Å². The van der Waals surface area contributed by atoms with Gasteiger partial charge in [0.15, 0.2) is 5.69 Å². The zero-order chi connectivity index (χ0) is 13.2. The molecule has 0 saturated carbocycles. The van der Waals surface area contributed by atoms with E-state index in [1.54, 1.807) is 0 Å². The number of nitrogens with one attached hydrogen (secondary N) is 1. The van der Waals surface area contributed by atoms with Gasteiger partial charge in [-0.2, -0.15) is 18.3 Å². The Balaban J connectivity index is 2.98. The maximum Gasteiger partial charge on any atom is 0.436 e. The van der Waals surface area contributed by atoms with Crippen LogP contribution in [0.15, 0.2) is 12.7 Å². The third-order valence-electron chi connectivity index (χ3n) is 1.99. The normalized spacial score (nSPS) is 11.4. The van der Waals surface area contributed by atoms with E-state index < -0.39 is 22.8 Å². The quantitative estimate of drug-likeness (QED) is 0.850. The van der Waals surface area contributed by atoms with Gasteiger partial charge in [-0.1, -0.05) is 18.2 Å². The van der Waals surface area contributed by atoms with Crippen LogP contribution in [0.5, 0.6) is 0 Å². The monoisotopic (exact) mass is 267 g/mol. The van der Waals surface area contributed by atoms with Gasteiger partial charge in [0.05, 0.1) is 17.3 Å². The first-order valence-electron chi connectivity index (χ1n) is 4.46. The Morgan fingerprint density at radius 3 is 2.65 bits per heavy atom. The predicted molar refractivity (Wildman–Crippen MR) is 55.3 cm³/mol. The number of amides is 1. The second-order valence-electron chi connectivity index (χ2n) is 3.15. The summed E-state index contributed by atoms with van der Waals surface area (Å²) in [5.41, 5.74) is -1.08. The van der Waals surface area contributed by atoms with Crippen LogP contribution in [0.3, 0.4) is 0 Å². The second-order valence-corrected chi connectivity index (χ2v) is 3.53. The van der Waals surface area contributed by atoms with Gasteiger partial charge < -0.3 is 5.32 Å². The van der Waals surface area contributed by atoms with E-state index in [0.717, 1.165) is 10.8 Å². The van der Waals surface area contributed by atoms with Crippen LogP contribution in [0.1, 0.15) is 11.4 Å². The molecule has 0 bridgehead atoms. The first-order valence-corrected chi connectivity index (χ1v) is 4.84. The van der Waals surface area contributed by atoms with Gasteiger partial charge in [-0.15, -0.1) is 0 Å². The zero-order valence-electron chi connectivity index (χ0n) is 8.81. The number of carbonyl (C=O) groups excluding carboxylic acids is 1. The summed E-state index contributed by atoms with van der Waals surface area (Å²) in [4.78, 5) is 10.9. The van der Waals surface area contributed by atoms with Crippen LogP contribution in [0.4, 0.5) is 13.2 Å². The van der Waals surface area contributed by atoms with Gasteiger partial charge >= 0.3 is 6.18 Å². The maximum absolute atomic E-state index is 12.4. The van der Waals surface area contributed by atoms with Gasteiger partial charge in [0, 0.05) is 7.05 Å². The molecule has 0 spiro atoms. The number of nitrogens with zero attached hydrogens (tertiary/aromatic N) is 2. The maximum atomic E-state index is 12.4. The second kappa shape index (κ2) is 4.79. The number of carbonyl (C=O) groups is 1. The van der Waals surface area contributed by atoms with Crippen molar-refractivity contribution in [2.24, 2.45) is 7.05 Å². The molecule has 0 fully saturated rings. The summed E-state index contributed by atoms with van der Waals surface area (Å²) < 4.78 is 38.3. The Morgan fingerprint density at radius 1 is 1.65 bits per heavy atom. The molecule has 0 saturated heterocycles. The van der Waals surface area contributed by atoms with Crippen molar-refractivity contribution < 1.29 is 18.0 Å². The summed E-state index contributed by atoms with van der Waals surface area (Å²) in [5, 5.41) is 5.08. The Labute approximate surface area is 100 Å². The van der Waals surface area contributed by atoms with Crippen LogP contribution < -0.4 is 5.32 Å². The van der Waals surface area contributed by atoms with Gasteiger partial charge in [-0.25, -0.2) is 0 Å². The van der Waals surface area contributed by atoms with Gasteiger partial charge in [0.1, 0.15) is 0 Å². The highest BCUT2D eigenvalue weighted by atomic mass is 35.5. The fraction of sp³-hybridized carbons (Fsp3) is 0.333. The van der Waals surface area contributed by atoms with Crippen molar-refractivity contribution in [3.8, 4) is 0 Å². The van der Waals surface area contributed by atoms with Crippen LogP contribution in [-0.4, -0.2) is 15.7 Å². The summed E-state index contributed by atoms with van der Waals surface area (Å²) in [5.74, 6) is -0.504. The number of halogens is 4. The molecule has 17 heavy (non-hydrogen) atoms. The van der Waals surface area contributed by atoms with E-state index in [1.807, 2.05) is 0 Å². The molecule has 1 aromatic heterocycles. The summed E-state index contributed by atoms with van der Waals surface area (Å²) in [6.45, 7) is 3.07. The fourth-order valence-corrected chi connectivity index (χ4v) is 1.48. The molecule has 4 nitrogen and oxygen atoms in total. The number of aromatic nitrogens is 2. The van der Waals surface area contributed by atoms with E-state index in [4.69, 9.17) is 11.6 Å². The lowest BCUT2D eigenvalue weighted by Crippen LogP contribution is -2.21. The van der Waals surface area contributed by atoms with Crippen molar-refractivity contribution in [2.45, 2.75) is 12.7 Å². The lowest BCUT2D eigenvalue weighted by atomic mass is 10.3. The van der Waals surface area contributed by atoms with Gasteiger partial charge in [0.2, 0.25) is 5.91 Å². The van der Waals surface area contributed by atoms with Crippen molar-refractivity contribution in [2.75, 3.05) is 0 Å². The highest BCUT2D eigenvalue weighted by Crippen LogP contribution is 2.35. The highest BCUT2D eigenvalue weighted by Gasteiger charge is 2.38. The zero-order valence-corrected chi connectivity index (χ0v) is 9.56. The molecule has 1 rings (SSSR count). The molecule has 0 unspecified atom stereocenters. The Hall–Kier alpha value is -1.50. The number of rotatable bonds is 3. The molecule has 1 aromatic rings. The number of hydrogen-bond acceptors (Lipinski definition) is 2. The lowest BCUT2D eigenvalue weighted by molar-refractivity contribution is -0.141. The smallest absolute Gasteiger partial charge is 0.347 e. The van der Waals surface area contributed by atoms with Gasteiger partial charge in [-0.05, 0) is 6.08 Å². The van der Waals surface area contributed by atoms with Crippen molar-refractivity contribution in [3.05, 3.63) is 29.1 Å². The largest absolute Gasteiger partial charge is 0.436 e. The molecule has 8 heteroatoms. The molecule has 0 atom stereocenters. The fourth-order valence-electron chi connectivity index (χ4n) is 1.15. The molecule has 1 N–H and O–H groups in total. The van der Waals surface area contributed by atoms with Crippen molar-refractivity contribution in [1.82, 2.24) is 15.1 Å². The van der Waals surface area contributed by atoms with E-state index in [9.17, 15) is 18.0 Å². The van der Waals surface area contributed by atoms with E-state index in [2.05, 4.69) is 17.0 Å². The molecule has 1 heterocycles. The average Bonchev–Trinajstić information content (AvgIpc) is 2.51. The van der Waals surface area contributed by atoms with Crippen molar-refractivity contribution in [1.29, 1.82) is 0 Å². The Bertz CT molecular complexity index is 453. The summed E-state index contributed by atoms with van der Waals surface area (Å²) in [7, 11) is 1.32. The van der Waals surface area contributed by atoms with Gasteiger partial charge in [-0.3, -0.25) is 9.48 Å². The summed E-state index contributed by atoms with van der Waals surface area (Å²) in [6, 6.07) is 0.